The van der Waals surface area contributed by atoms with Crippen LogP contribution in [0.25, 0.3) is 5.65 Å². The second-order valence-electron chi connectivity index (χ2n) is 6.74. The van der Waals surface area contributed by atoms with E-state index in [0.717, 1.165) is 35.7 Å². The third-order valence-corrected chi connectivity index (χ3v) is 5.07. The second-order valence-corrected chi connectivity index (χ2v) is 6.74. The summed E-state index contributed by atoms with van der Waals surface area (Å²) in [5, 5.41) is 0. The molecule has 0 aliphatic carbocycles. The smallest absolute Gasteiger partial charge is 0.228 e. The van der Waals surface area contributed by atoms with E-state index in [9.17, 15) is 4.79 Å². The number of carbonyl (C=O) groups is 1. The Morgan fingerprint density at radius 2 is 1.93 bits per heavy atom. The van der Waals surface area contributed by atoms with Crippen LogP contribution in [-0.4, -0.2) is 58.5 Å². The largest absolute Gasteiger partial charge is 0.481 e. The summed E-state index contributed by atoms with van der Waals surface area (Å²) >= 11 is 0. The molecular formula is C20H23N5O2. The Labute approximate surface area is 158 Å². The number of methoxy groups -OCH3 is 1. The average molecular weight is 365 g/mol. The van der Waals surface area contributed by atoms with Gasteiger partial charge >= 0.3 is 0 Å². The van der Waals surface area contributed by atoms with Crippen molar-refractivity contribution in [2.75, 3.05) is 38.2 Å². The molecule has 4 rings (SSSR count). The van der Waals surface area contributed by atoms with Crippen LogP contribution in [0.5, 0.6) is 5.88 Å². The van der Waals surface area contributed by atoms with Crippen LogP contribution in [0.4, 0.5) is 5.69 Å². The summed E-state index contributed by atoms with van der Waals surface area (Å²) in [5.41, 5.74) is 4.01. The number of piperazine rings is 1. The summed E-state index contributed by atoms with van der Waals surface area (Å²) < 4.78 is 7.11. The van der Waals surface area contributed by atoms with Crippen LogP contribution in [-0.2, 0) is 11.2 Å². The molecule has 1 aliphatic heterocycles. The van der Waals surface area contributed by atoms with Crippen LogP contribution in [0.3, 0.4) is 0 Å². The first-order chi connectivity index (χ1) is 13.2. The molecule has 1 aliphatic rings. The van der Waals surface area contributed by atoms with Crippen LogP contribution in [0.2, 0.25) is 0 Å². The molecule has 0 atom stereocenters. The highest BCUT2D eigenvalue weighted by Gasteiger charge is 2.22. The van der Waals surface area contributed by atoms with E-state index in [1.807, 2.05) is 52.9 Å². The monoisotopic (exact) mass is 365 g/mol. The van der Waals surface area contributed by atoms with E-state index in [4.69, 9.17) is 4.74 Å². The van der Waals surface area contributed by atoms with Gasteiger partial charge in [-0.3, -0.25) is 4.79 Å². The highest BCUT2D eigenvalue weighted by molar-refractivity contribution is 5.79. The zero-order valence-corrected chi connectivity index (χ0v) is 15.6. The number of ether oxygens (including phenoxy) is 1. The molecule has 4 heterocycles. The Hall–Kier alpha value is -3.09. The molecule has 3 aromatic heterocycles. The maximum atomic E-state index is 12.8. The summed E-state index contributed by atoms with van der Waals surface area (Å²) in [6.45, 7) is 5.04. The Bertz CT molecular complexity index is 943. The van der Waals surface area contributed by atoms with Crippen molar-refractivity contribution in [3.8, 4) is 5.88 Å². The van der Waals surface area contributed by atoms with E-state index in [0.29, 0.717) is 25.4 Å². The lowest BCUT2D eigenvalue weighted by molar-refractivity contribution is -0.130. The molecule has 27 heavy (non-hydrogen) atoms. The average Bonchev–Trinajstić information content (AvgIpc) is 3.12. The molecular weight excluding hydrogens is 342 g/mol. The molecule has 0 radical (unpaired) electrons. The van der Waals surface area contributed by atoms with Gasteiger partial charge in [-0.05, 0) is 24.6 Å². The fourth-order valence-electron chi connectivity index (χ4n) is 3.49. The summed E-state index contributed by atoms with van der Waals surface area (Å²) in [6, 6.07) is 7.88. The van der Waals surface area contributed by atoms with Crippen molar-refractivity contribution < 1.29 is 9.53 Å². The molecule has 1 amide bonds. The first kappa shape index (κ1) is 17.3. The summed E-state index contributed by atoms with van der Waals surface area (Å²) in [7, 11) is 1.61. The molecule has 0 spiro atoms. The molecule has 140 valence electrons. The minimum absolute atomic E-state index is 0.144. The number of rotatable bonds is 4. The predicted octanol–water partition coefficient (Wildman–Crippen LogP) is 1.94. The summed E-state index contributed by atoms with van der Waals surface area (Å²) in [5.74, 6) is 0.752. The molecule has 3 aromatic rings. The van der Waals surface area contributed by atoms with E-state index in [1.165, 1.54) is 0 Å². The Morgan fingerprint density at radius 1 is 1.11 bits per heavy atom. The van der Waals surface area contributed by atoms with Gasteiger partial charge in [0, 0.05) is 44.6 Å². The Kier molecular flexibility index (Phi) is 4.66. The van der Waals surface area contributed by atoms with Gasteiger partial charge in [-0.2, -0.15) is 0 Å². The van der Waals surface area contributed by atoms with Crippen molar-refractivity contribution in [2.24, 2.45) is 0 Å². The Balaban J connectivity index is 1.38. The van der Waals surface area contributed by atoms with Crippen molar-refractivity contribution in [1.29, 1.82) is 0 Å². The normalized spacial score (nSPS) is 14.6. The van der Waals surface area contributed by atoms with Crippen LogP contribution in [0.1, 0.15) is 11.3 Å². The number of nitrogens with zero attached hydrogens (tertiary/aromatic N) is 5. The third kappa shape index (κ3) is 3.45. The number of imidazole rings is 1. The van der Waals surface area contributed by atoms with Crippen LogP contribution in [0.15, 0.2) is 42.9 Å². The van der Waals surface area contributed by atoms with E-state index < -0.39 is 0 Å². The van der Waals surface area contributed by atoms with Gasteiger partial charge in [0.1, 0.15) is 5.65 Å². The third-order valence-electron chi connectivity index (χ3n) is 5.07. The van der Waals surface area contributed by atoms with Crippen molar-refractivity contribution in [1.82, 2.24) is 19.3 Å². The lowest BCUT2D eigenvalue weighted by Crippen LogP contribution is -2.49. The van der Waals surface area contributed by atoms with Gasteiger partial charge in [-0.1, -0.05) is 6.07 Å². The molecule has 0 aromatic carbocycles. The second kappa shape index (κ2) is 7.26. The van der Waals surface area contributed by atoms with Crippen LogP contribution >= 0.6 is 0 Å². The van der Waals surface area contributed by atoms with Gasteiger partial charge in [0.15, 0.2) is 0 Å². The number of aromatic nitrogens is 3. The number of pyridine rings is 2. The topological polar surface area (TPSA) is 63.0 Å². The van der Waals surface area contributed by atoms with E-state index >= 15 is 0 Å². The first-order valence-corrected chi connectivity index (χ1v) is 9.10. The lowest BCUT2D eigenvalue weighted by Gasteiger charge is -2.36. The Morgan fingerprint density at radius 3 is 2.63 bits per heavy atom. The summed E-state index contributed by atoms with van der Waals surface area (Å²) in [4.78, 5) is 25.6. The molecule has 0 N–H and O–H groups in total. The van der Waals surface area contributed by atoms with Gasteiger partial charge in [0.25, 0.3) is 0 Å². The van der Waals surface area contributed by atoms with Gasteiger partial charge in [0.2, 0.25) is 11.8 Å². The number of fused-ring (bicyclic) bond motifs is 1. The van der Waals surface area contributed by atoms with Crippen molar-refractivity contribution >= 4 is 17.2 Å². The van der Waals surface area contributed by atoms with Gasteiger partial charge in [0.05, 0.1) is 31.1 Å². The number of anilines is 1. The lowest BCUT2D eigenvalue weighted by atomic mass is 10.2. The number of hydrogen-bond donors (Lipinski definition) is 0. The number of hydrogen-bond acceptors (Lipinski definition) is 5. The number of amides is 1. The molecule has 0 saturated carbocycles. The van der Waals surface area contributed by atoms with Crippen molar-refractivity contribution in [3.63, 3.8) is 0 Å². The SMILES string of the molecule is COc1ccc(N2CCN(C(=O)Cc3cnc4c(C)cccn34)CC2)cn1. The highest BCUT2D eigenvalue weighted by atomic mass is 16.5. The molecule has 1 fully saturated rings. The van der Waals surface area contributed by atoms with Crippen molar-refractivity contribution in [3.05, 3.63) is 54.1 Å². The maximum Gasteiger partial charge on any atom is 0.228 e. The maximum absolute atomic E-state index is 12.8. The molecule has 0 unspecified atom stereocenters. The first-order valence-electron chi connectivity index (χ1n) is 9.10. The molecule has 7 heteroatoms. The predicted molar refractivity (Wildman–Crippen MR) is 103 cm³/mol. The van der Waals surface area contributed by atoms with Gasteiger partial charge in [-0.15, -0.1) is 0 Å². The van der Waals surface area contributed by atoms with Gasteiger partial charge in [-0.25, -0.2) is 9.97 Å². The van der Waals surface area contributed by atoms with E-state index in [2.05, 4.69) is 14.9 Å². The van der Waals surface area contributed by atoms with E-state index in [-0.39, 0.29) is 5.91 Å². The molecule has 7 nitrogen and oxygen atoms in total. The minimum atomic E-state index is 0.144. The zero-order valence-electron chi connectivity index (χ0n) is 15.6. The standard InChI is InChI=1S/C20H23N5O2/c1-15-4-3-7-25-17(14-22-20(15)25)12-19(26)24-10-8-23(9-11-24)16-5-6-18(27-2)21-13-16/h3-7,13-14H,8-12H2,1-2H3. The van der Waals surface area contributed by atoms with E-state index in [1.54, 1.807) is 13.3 Å². The highest BCUT2D eigenvalue weighted by Crippen LogP contribution is 2.19. The number of aryl methyl sites for hydroxylation is 1. The zero-order chi connectivity index (χ0) is 18.8. The minimum Gasteiger partial charge on any atom is -0.481 e. The summed E-state index contributed by atoms with van der Waals surface area (Å²) in [6.07, 6.45) is 5.96. The van der Waals surface area contributed by atoms with Crippen LogP contribution < -0.4 is 9.64 Å². The fourth-order valence-corrected chi connectivity index (χ4v) is 3.49. The van der Waals surface area contributed by atoms with Crippen molar-refractivity contribution in [2.45, 2.75) is 13.3 Å². The molecule has 0 bridgehead atoms. The van der Waals surface area contributed by atoms with Crippen LogP contribution in [0, 0.1) is 6.92 Å². The van der Waals surface area contributed by atoms with Gasteiger partial charge < -0.3 is 18.9 Å². The molecule has 1 saturated heterocycles. The quantitative estimate of drug-likeness (QED) is 0.707. The fraction of sp³-hybridized carbons (Fsp3) is 0.350. The number of carbonyl (C=O) groups excluding carboxylic acids is 1.